The number of aryl methyl sites for hydroxylation is 2. The summed E-state index contributed by atoms with van der Waals surface area (Å²) < 4.78 is 0. The van der Waals surface area contributed by atoms with Crippen molar-refractivity contribution >= 4 is 17.3 Å². The Bertz CT molecular complexity index is 520. The predicted octanol–water partition coefficient (Wildman–Crippen LogP) is 3.73. The van der Waals surface area contributed by atoms with E-state index in [0.29, 0.717) is 4.88 Å². The van der Waals surface area contributed by atoms with Gasteiger partial charge in [0, 0.05) is 5.56 Å². The summed E-state index contributed by atoms with van der Waals surface area (Å²) in [6.45, 7) is 4.03. The zero-order chi connectivity index (χ0) is 11.7. The third-order valence-corrected chi connectivity index (χ3v) is 3.29. The maximum atomic E-state index is 11.0. The van der Waals surface area contributed by atoms with Gasteiger partial charge in [0.2, 0.25) is 0 Å². The fourth-order valence-corrected chi connectivity index (χ4v) is 2.59. The van der Waals surface area contributed by atoms with Crippen LogP contribution in [0.15, 0.2) is 29.6 Å². The Morgan fingerprint density at radius 2 is 1.81 bits per heavy atom. The number of thiophene rings is 1. The van der Waals surface area contributed by atoms with Crippen molar-refractivity contribution in [2.75, 3.05) is 0 Å². The summed E-state index contributed by atoms with van der Waals surface area (Å²) in [5.74, 6) is -0.857. The number of carboxylic acid groups (broad SMARTS) is 1. The van der Waals surface area contributed by atoms with E-state index in [0.717, 1.165) is 22.3 Å². The van der Waals surface area contributed by atoms with Gasteiger partial charge >= 0.3 is 5.97 Å². The van der Waals surface area contributed by atoms with Gasteiger partial charge in [-0.15, -0.1) is 11.3 Å². The number of carboxylic acids is 1. The molecule has 1 heterocycles. The molecule has 0 fully saturated rings. The Kier molecular flexibility index (Phi) is 2.79. The van der Waals surface area contributed by atoms with Crippen LogP contribution in [-0.2, 0) is 0 Å². The zero-order valence-corrected chi connectivity index (χ0v) is 9.97. The van der Waals surface area contributed by atoms with E-state index < -0.39 is 5.97 Å². The molecular formula is C13H12O2S. The van der Waals surface area contributed by atoms with Crippen LogP contribution in [0.25, 0.3) is 11.1 Å². The van der Waals surface area contributed by atoms with Crippen LogP contribution < -0.4 is 0 Å². The molecule has 2 aromatic rings. The molecule has 0 bridgehead atoms. The molecular weight excluding hydrogens is 220 g/mol. The summed E-state index contributed by atoms with van der Waals surface area (Å²) in [5, 5.41) is 10.9. The van der Waals surface area contributed by atoms with Gasteiger partial charge in [-0.1, -0.05) is 29.3 Å². The summed E-state index contributed by atoms with van der Waals surface area (Å²) in [5.41, 5.74) is 4.09. The summed E-state index contributed by atoms with van der Waals surface area (Å²) >= 11 is 1.26. The first-order valence-corrected chi connectivity index (χ1v) is 5.85. The molecule has 0 unspecified atom stereocenters. The molecule has 0 radical (unpaired) electrons. The van der Waals surface area contributed by atoms with E-state index in [1.807, 2.05) is 37.4 Å². The van der Waals surface area contributed by atoms with Crippen molar-refractivity contribution in [3.8, 4) is 11.1 Å². The van der Waals surface area contributed by atoms with Crippen molar-refractivity contribution in [1.29, 1.82) is 0 Å². The van der Waals surface area contributed by atoms with Crippen molar-refractivity contribution in [1.82, 2.24) is 0 Å². The van der Waals surface area contributed by atoms with Crippen LogP contribution in [0.1, 0.15) is 20.8 Å². The topological polar surface area (TPSA) is 37.3 Å². The minimum absolute atomic E-state index is 0.407. The van der Waals surface area contributed by atoms with Crippen LogP contribution in [-0.4, -0.2) is 11.1 Å². The standard InChI is InChI=1S/C13H12O2S/c1-8-5-9(2)7-10(6-8)11-3-4-16-12(11)13(14)15/h3-7H,1-2H3,(H,14,15). The number of aromatic carboxylic acids is 1. The number of carbonyl (C=O) groups is 1. The Morgan fingerprint density at radius 3 is 2.38 bits per heavy atom. The number of benzene rings is 1. The molecule has 2 nitrogen and oxygen atoms in total. The first-order valence-electron chi connectivity index (χ1n) is 4.97. The van der Waals surface area contributed by atoms with Gasteiger partial charge in [-0.05, 0) is 30.9 Å². The van der Waals surface area contributed by atoms with Gasteiger partial charge in [-0.2, -0.15) is 0 Å². The fourth-order valence-electron chi connectivity index (χ4n) is 1.83. The maximum Gasteiger partial charge on any atom is 0.346 e. The quantitative estimate of drug-likeness (QED) is 0.856. The minimum atomic E-state index is -0.857. The number of hydrogen-bond donors (Lipinski definition) is 1. The fraction of sp³-hybridized carbons (Fsp3) is 0.154. The molecule has 0 aliphatic heterocycles. The smallest absolute Gasteiger partial charge is 0.346 e. The zero-order valence-electron chi connectivity index (χ0n) is 9.15. The average Bonchev–Trinajstić information content (AvgIpc) is 2.63. The second-order valence-electron chi connectivity index (χ2n) is 3.84. The van der Waals surface area contributed by atoms with Crippen molar-refractivity contribution < 1.29 is 9.90 Å². The van der Waals surface area contributed by atoms with Crippen LogP contribution in [0.5, 0.6) is 0 Å². The maximum absolute atomic E-state index is 11.0. The van der Waals surface area contributed by atoms with Crippen LogP contribution >= 0.6 is 11.3 Å². The molecule has 1 N–H and O–H groups in total. The molecule has 82 valence electrons. The molecule has 0 aliphatic carbocycles. The van der Waals surface area contributed by atoms with Gasteiger partial charge in [0.15, 0.2) is 0 Å². The van der Waals surface area contributed by atoms with E-state index >= 15 is 0 Å². The molecule has 1 aromatic heterocycles. The van der Waals surface area contributed by atoms with Crippen LogP contribution in [0.3, 0.4) is 0 Å². The lowest BCUT2D eigenvalue weighted by atomic mass is 10.0. The number of hydrogen-bond acceptors (Lipinski definition) is 2. The van der Waals surface area contributed by atoms with Gasteiger partial charge in [-0.25, -0.2) is 4.79 Å². The van der Waals surface area contributed by atoms with Crippen molar-refractivity contribution in [3.63, 3.8) is 0 Å². The Morgan fingerprint density at radius 1 is 1.19 bits per heavy atom. The van der Waals surface area contributed by atoms with Gasteiger partial charge in [0.25, 0.3) is 0 Å². The molecule has 3 heteroatoms. The van der Waals surface area contributed by atoms with Crippen molar-refractivity contribution in [2.24, 2.45) is 0 Å². The van der Waals surface area contributed by atoms with Gasteiger partial charge < -0.3 is 5.11 Å². The highest BCUT2D eigenvalue weighted by atomic mass is 32.1. The van der Waals surface area contributed by atoms with E-state index in [1.165, 1.54) is 11.3 Å². The van der Waals surface area contributed by atoms with Crippen LogP contribution in [0.4, 0.5) is 0 Å². The molecule has 16 heavy (non-hydrogen) atoms. The first-order chi connectivity index (χ1) is 7.58. The second-order valence-corrected chi connectivity index (χ2v) is 4.76. The van der Waals surface area contributed by atoms with Gasteiger partial charge in [-0.3, -0.25) is 0 Å². The second kappa shape index (κ2) is 4.10. The van der Waals surface area contributed by atoms with E-state index in [2.05, 4.69) is 6.07 Å². The summed E-state index contributed by atoms with van der Waals surface area (Å²) in [6.07, 6.45) is 0. The largest absolute Gasteiger partial charge is 0.477 e. The SMILES string of the molecule is Cc1cc(C)cc(-c2ccsc2C(=O)O)c1. The third kappa shape index (κ3) is 1.99. The van der Waals surface area contributed by atoms with Gasteiger partial charge in [0.05, 0.1) is 0 Å². The van der Waals surface area contributed by atoms with E-state index in [-0.39, 0.29) is 0 Å². The van der Waals surface area contributed by atoms with Crippen molar-refractivity contribution in [3.05, 3.63) is 45.6 Å². The highest BCUT2D eigenvalue weighted by molar-refractivity contribution is 7.12. The normalized spacial score (nSPS) is 10.4. The van der Waals surface area contributed by atoms with Crippen LogP contribution in [0.2, 0.25) is 0 Å². The molecule has 0 saturated carbocycles. The minimum Gasteiger partial charge on any atom is -0.477 e. The molecule has 0 amide bonds. The highest BCUT2D eigenvalue weighted by Crippen LogP contribution is 2.29. The highest BCUT2D eigenvalue weighted by Gasteiger charge is 2.13. The summed E-state index contributed by atoms with van der Waals surface area (Å²) in [6, 6.07) is 7.97. The molecule has 0 spiro atoms. The first kappa shape index (κ1) is 10.9. The Hall–Kier alpha value is -1.61. The lowest BCUT2D eigenvalue weighted by molar-refractivity contribution is 0.0703. The molecule has 0 atom stereocenters. The monoisotopic (exact) mass is 232 g/mol. The van der Waals surface area contributed by atoms with E-state index in [4.69, 9.17) is 5.11 Å². The lowest BCUT2D eigenvalue weighted by Gasteiger charge is -2.04. The van der Waals surface area contributed by atoms with E-state index in [1.54, 1.807) is 0 Å². The van der Waals surface area contributed by atoms with Crippen LogP contribution in [0, 0.1) is 13.8 Å². The molecule has 0 aliphatic rings. The predicted molar refractivity (Wildman–Crippen MR) is 66.2 cm³/mol. The Balaban J connectivity index is 2.58. The Labute approximate surface area is 98.2 Å². The third-order valence-electron chi connectivity index (χ3n) is 2.39. The molecule has 0 saturated heterocycles. The lowest BCUT2D eigenvalue weighted by Crippen LogP contribution is -1.94. The average molecular weight is 232 g/mol. The summed E-state index contributed by atoms with van der Waals surface area (Å²) in [4.78, 5) is 11.4. The van der Waals surface area contributed by atoms with E-state index in [9.17, 15) is 4.79 Å². The van der Waals surface area contributed by atoms with Gasteiger partial charge in [0.1, 0.15) is 4.88 Å². The molecule has 1 aromatic carbocycles. The summed E-state index contributed by atoms with van der Waals surface area (Å²) in [7, 11) is 0. The molecule has 2 rings (SSSR count). The van der Waals surface area contributed by atoms with Crippen molar-refractivity contribution in [2.45, 2.75) is 13.8 Å². The number of rotatable bonds is 2.